The van der Waals surface area contributed by atoms with Crippen LogP contribution in [0.5, 0.6) is 5.75 Å². The second kappa shape index (κ2) is 5.93. The predicted octanol–water partition coefficient (Wildman–Crippen LogP) is 4.44. The summed E-state index contributed by atoms with van der Waals surface area (Å²) >= 11 is 0. The van der Waals surface area contributed by atoms with Gasteiger partial charge < -0.3 is 10.5 Å². The van der Waals surface area contributed by atoms with E-state index in [4.69, 9.17) is 10.5 Å². The summed E-state index contributed by atoms with van der Waals surface area (Å²) in [5.41, 5.74) is 5.30. The summed E-state index contributed by atoms with van der Waals surface area (Å²) in [6.07, 6.45) is -4.45. The van der Waals surface area contributed by atoms with Crippen molar-refractivity contribution in [1.29, 1.82) is 0 Å². The quantitative estimate of drug-likeness (QED) is 0.905. The van der Waals surface area contributed by atoms with Crippen LogP contribution in [0.4, 0.5) is 13.2 Å². The van der Waals surface area contributed by atoms with Crippen LogP contribution in [0.25, 0.3) is 10.8 Å². The van der Waals surface area contributed by atoms with E-state index < -0.39 is 12.2 Å². The van der Waals surface area contributed by atoms with Gasteiger partial charge in [0.2, 0.25) is 0 Å². The van der Waals surface area contributed by atoms with Gasteiger partial charge in [-0.1, -0.05) is 32.0 Å². The van der Waals surface area contributed by atoms with Crippen LogP contribution < -0.4 is 10.5 Å². The van der Waals surface area contributed by atoms with Crippen LogP contribution in [0.3, 0.4) is 0 Å². The number of halogens is 3. The van der Waals surface area contributed by atoms with E-state index in [0.29, 0.717) is 23.7 Å². The Morgan fingerprint density at radius 3 is 2.33 bits per heavy atom. The minimum atomic E-state index is -4.45. The highest BCUT2D eigenvalue weighted by Gasteiger charge is 2.37. The Kier molecular flexibility index (Phi) is 4.42. The Balaban J connectivity index is 2.32. The normalized spacial score (nSPS) is 13.7. The Hall–Kier alpha value is -1.75. The van der Waals surface area contributed by atoms with E-state index in [-0.39, 0.29) is 5.56 Å². The third kappa shape index (κ3) is 3.88. The zero-order valence-electron chi connectivity index (χ0n) is 11.9. The molecule has 0 saturated heterocycles. The highest BCUT2D eigenvalue weighted by atomic mass is 19.4. The van der Waals surface area contributed by atoms with E-state index in [9.17, 15) is 13.2 Å². The summed E-state index contributed by atoms with van der Waals surface area (Å²) < 4.78 is 43.6. The smallest absolute Gasteiger partial charge is 0.407 e. The first-order chi connectivity index (χ1) is 9.77. The Morgan fingerprint density at radius 1 is 1.05 bits per heavy atom. The first-order valence-electron chi connectivity index (χ1n) is 6.76. The third-order valence-corrected chi connectivity index (χ3v) is 3.13. The third-order valence-electron chi connectivity index (χ3n) is 3.13. The molecule has 2 aromatic carbocycles. The molecule has 0 heterocycles. The SMILES string of the molecule is CC(C)COc1ccc2ccc([C@H](N)C(F)(F)F)cc2c1. The van der Waals surface area contributed by atoms with E-state index >= 15 is 0 Å². The number of benzene rings is 2. The number of ether oxygens (including phenoxy) is 1. The molecule has 0 aliphatic heterocycles. The van der Waals surface area contributed by atoms with Gasteiger partial charge in [-0.2, -0.15) is 13.2 Å². The van der Waals surface area contributed by atoms with Crippen LogP contribution in [0, 0.1) is 5.92 Å². The maximum absolute atomic E-state index is 12.7. The van der Waals surface area contributed by atoms with E-state index in [0.717, 1.165) is 5.39 Å². The molecule has 114 valence electrons. The minimum absolute atomic E-state index is 0.0519. The fraction of sp³-hybridized carbons (Fsp3) is 0.375. The Morgan fingerprint density at radius 2 is 1.71 bits per heavy atom. The molecule has 0 bridgehead atoms. The zero-order chi connectivity index (χ0) is 15.6. The fourth-order valence-electron chi connectivity index (χ4n) is 1.98. The molecule has 0 fully saturated rings. The molecule has 0 aliphatic rings. The van der Waals surface area contributed by atoms with Gasteiger partial charge in [0.25, 0.3) is 0 Å². The molecule has 2 rings (SSSR count). The van der Waals surface area contributed by atoms with Gasteiger partial charge in [-0.15, -0.1) is 0 Å². The Labute approximate surface area is 121 Å². The molecule has 0 aliphatic carbocycles. The Bertz CT molecular complexity index is 622. The van der Waals surface area contributed by atoms with Crippen molar-refractivity contribution < 1.29 is 17.9 Å². The lowest BCUT2D eigenvalue weighted by Gasteiger charge is -2.16. The van der Waals surface area contributed by atoms with E-state index in [2.05, 4.69) is 0 Å². The van der Waals surface area contributed by atoms with Crippen molar-refractivity contribution >= 4 is 10.8 Å². The molecule has 0 radical (unpaired) electrons. The van der Waals surface area contributed by atoms with Crippen molar-refractivity contribution in [1.82, 2.24) is 0 Å². The van der Waals surface area contributed by atoms with Crippen LogP contribution in [0.2, 0.25) is 0 Å². The van der Waals surface area contributed by atoms with Crippen molar-refractivity contribution in [3.63, 3.8) is 0 Å². The molecule has 1 atom stereocenters. The maximum atomic E-state index is 12.7. The molecule has 0 amide bonds. The number of hydrogen-bond donors (Lipinski definition) is 1. The molecule has 2 nitrogen and oxygen atoms in total. The van der Waals surface area contributed by atoms with Gasteiger partial charge in [-0.25, -0.2) is 0 Å². The lowest BCUT2D eigenvalue weighted by atomic mass is 10.0. The predicted molar refractivity (Wildman–Crippen MR) is 77.3 cm³/mol. The summed E-state index contributed by atoms with van der Waals surface area (Å²) in [6, 6.07) is 7.93. The second-order valence-electron chi connectivity index (χ2n) is 5.49. The lowest BCUT2D eigenvalue weighted by Crippen LogP contribution is -2.28. The number of rotatable bonds is 4. The first-order valence-corrected chi connectivity index (χ1v) is 6.76. The fourth-order valence-corrected chi connectivity index (χ4v) is 1.98. The van der Waals surface area contributed by atoms with Crippen LogP contribution in [-0.2, 0) is 0 Å². The summed E-state index contributed by atoms with van der Waals surface area (Å²) in [7, 11) is 0. The molecular formula is C16H18F3NO. The summed E-state index contributed by atoms with van der Waals surface area (Å²) in [4.78, 5) is 0. The minimum Gasteiger partial charge on any atom is -0.493 e. The van der Waals surface area contributed by atoms with Crippen molar-refractivity contribution in [2.24, 2.45) is 11.7 Å². The van der Waals surface area contributed by atoms with Gasteiger partial charge >= 0.3 is 6.18 Å². The van der Waals surface area contributed by atoms with Gasteiger partial charge in [0.05, 0.1) is 6.61 Å². The maximum Gasteiger partial charge on any atom is 0.407 e. The molecule has 0 saturated carbocycles. The van der Waals surface area contributed by atoms with Gasteiger partial charge in [0.15, 0.2) is 0 Å². The monoisotopic (exact) mass is 297 g/mol. The molecule has 2 N–H and O–H groups in total. The van der Waals surface area contributed by atoms with Crippen LogP contribution in [0.1, 0.15) is 25.5 Å². The number of nitrogens with two attached hydrogens (primary N) is 1. The zero-order valence-corrected chi connectivity index (χ0v) is 11.9. The molecule has 0 aromatic heterocycles. The van der Waals surface area contributed by atoms with E-state index in [1.165, 1.54) is 12.1 Å². The summed E-state index contributed by atoms with van der Waals surface area (Å²) in [5, 5.41) is 1.54. The molecule has 5 heteroatoms. The van der Waals surface area contributed by atoms with Gasteiger partial charge in [0.1, 0.15) is 11.8 Å². The highest BCUT2D eigenvalue weighted by molar-refractivity contribution is 5.84. The number of fused-ring (bicyclic) bond motifs is 1. The average Bonchev–Trinajstić information content (AvgIpc) is 2.42. The van der Waals surface area contributed by atoms with E-state index in [1.807, 2.05) is 26.0 Å². The number of alkyl halides is 3. The van der Waals surface area contributed by atoms with Crippen molar-refractivity contribution in [3.05, 3.63) is 42.0 Å². The molecule has 0 unspecified atom stereocenters. The van der Waals surface area contributed by atoms with Crippen LogP contribution >= 0.6 is 0 Å². The van der Waals surface area contributed by atoms with Crippen molar-refractivity contribution in [3.8, 4) is 5.75 Å². The summed E-state index contributed by atoms with van der Waals surface area (Å²) in [6.45, 7) is 4.62. The van der Waals surface area contributed by atoms with Crippen molar-refractivity contribution in [2.75, 3.05) is 6.61 Å². The lowest BCUT2D eigenvalue weighted by molar-refractivity contribution is -0.149. The molecule has 2 aromatic rings. The van der Waals surface area contributed by atoms with Crippen LogP contribution in [-0.4, -0.2) is 12.8 Å². The van der Waals surface area contributed by atoms with Gasteiger partial charge in [0, 0.05) is 0 Å². The summed E-state index contributed by atoms with van der Waals surface area (Å²) in [5.74, 6) is 1.03. The average molecular weight is 297 g/mol. The van der Waals surface area contributed by atoms with Gasteiger partial charge in [-0.05, 0) is 40.5 Å². The largest absolute Gasteiger partial charge is 0.493 e. The molecular weight excluding hydrogens is 279 g/mol. The number of hydrogen-bond acceptors (Lipinski definition) is 2. The van der Waals surface area contributed by atoms with Gasteiger partial charge in [-0.3, -0.25) is 0 Å². The van der Waals surface area contributed by atoms with Crippen molar-refractivity contribution in [2.45, 2.75) is 26.1 Å². The van der Waals surface area contributed by atoms with E-state index in [1.54, 1.807) is 12.1 Å². The molecule has 21 heavy (non-hydrogen) atoms. The molecule has 0 spiro atoms. The standard InChI is InChI=1S/C16H18F3NO/c1-10(2)9-21-14-6-5-11-3-4-12(7-13(11)8-14)15(20)16(17,18)19/h3-8,10,15H,9,20H2,1-2H3/t15-/m0/s1. The topological polar surface area (TPSA) is 35.2 Å². The van der Waals surface area contributed by atoms with Crippen LogP contribution in [0.15, 0.2) is 36.4 Å². The first kappa shape index (κ1) is 15.6. The second-order valence-corrected chi connectivity index (χ2v) is 5.49. The highest BCUT2D eigenvalue weighted by Crippen LogP contribution is 2.32.